The second-order valence-electron chi connectivity index (χ2n) is 5.12. The van der Waals surface area contributed by atoms with Gasteiger partial charge in [-0.25, -0.2) is 9.78 Å². The van der Waals surface area contributed by atoms with E-state index in [1.54, 1.807) is 25.4 Å². The molecule has 0 saturated carbocycles. The Morgan fingerprint density at radius 1 is 1.37 bits per heavy atom. The van der Waals surface area contributed by atoms with Gasteiger partial charge in [-0.2, -0.15) is 0 Å². The fourth-order valence-corrected chi connectivity index (χ4v) is 1.60. The lowest BCUT2D eigenvalue weighted by Gasteiger charge is -2.19. The number of hydrogen-bond acceptors (Lipinski definition) is 4. The molecule has 0 aliphatic heterocycles. The van der Waals surface area contributed by atoms with E-state index in [1.165, 1.54) is 0 Å². The Bertz CT molecular complexity index is 599. The van der Waals surface area contributed by atoms with Crippen molar-refractivity contribution in [1.82, 2.24) is 9.97 Å². The summed E-state index contributed by atoms with van der Waals surface area (Å²) in [5.41, 5.74) is 0.285. The van der Waals surface area contributed by atoms with Crippen molar-refractivity contribution in [3.8, 4) is 5.88 Å². The van der Waals surface area contributed by atoms with Gasteiger partial charge >= 0.3 is 6.09 Å². The molecule has 19 heavy (non-hydrogen) atoms. The maximum Gasteiger partial charge on any atom is 0.413 e. The number of aromatic amines is 1. The summed E-state index contributed by atoms with van der Waals surface area (Å²) in [5.74, 6) is 1.08. The fraction of sp³-hybridized carbons (Fsp3) is 0.385. The molecular formula is C13H17N3O3. The van der Waals surface area contributed by atoms with Gasteiger partial charge in [-0.15, -0.1) is 0 Å². The number of aromatic nitrogens is 2. The average molecular weight is 263 g/mol. The van der Waals surface area contributed by atoms with Crippen molar-refractivity contribution in [3.63, 3.8) is 0 Å². The number of amides is 1. The second kappa shape index (κ2) is 4.79. The van der Waals surface area contributed by atoms with Gasteiger partial charge in [0.25, 0.3) is 0 Å². The Hall–Kier alpha value is -2.24. The summed E-state index contributed by atoms with van der Waals surface area (Å²) in [6.07, 6.45) is 1.15. The number of nitrogens with zero attached hydrogens (tertiary/aromatic N) is 1. The fourth-order valence-electron chi connectivity index (χ4n) is 1.60. The van der Waals surface area contributed by atoms with Crippen LogP contribution in [0.15, 0.2) is 18.3 Å². The van der Waals surface area contributed by atoms with Gasteiger partial charge in [0, 0.05) is 11.5 Å². The van der Waals surface area contributed by atoms with Crippen molar-refractivity contribution in [1.29, 1.82) is 0 Å². The number of methoxy groups -OCH3 is 1. The van der Waals surface area contributed by atoms with Gasteiger partial charge < -0.3 is 14.5 Å². The number of ether oxygens (including phenoxy) is 2. The second-order valence-corrected chi connectivity index (χ2v) is 5.12. The van der Waals surface area contributed by atoms with E-state index in [2.05, 4.69) is 15.3 Å². The maximum atomic E-state index is 11.6. The number of hydrogen-bond donors (Lipinski definition) is 2. The number of carbonyl (C=O) groups excluding carboxylic acids is 1. The molecule has 2 aromatic rings. The number of H-pyrrole nitrogens is 1. The minimum absolute atomic E-state index is 0.501. The molecule has 0 fully saturated rings. The molecule has 6 nitrogen and oxygen atoms in total. The highest BCUT2D eigenvalue weighted by molar-refractivity contribution is 5.90. The monoisotopic (exact) mass is 263 g/mol. The molecule has 2 heterocycles. The van der Waals surface area contributed by atoms with Gasteiger partial charge in [0.1, 0.15) is 11.4 Å². The van der Waals surface area contributed by atoms with Crippen LogP contribution >= 0.6 is 0 Å². The Morgan fingerprint density at radius 3 is 2.74 bits per heavy atom. The SMILES string of the molecule is COc1cc2cc(NC(=O)OC(C)(C)C)[nH]c2cn1. The van der Waals surface area contributed by atoms with E-state index in [1.807, 2.05) is 20.8 Å². The van der Waals surface area contributed by atoms with Gasteiger partial charge in [0.05, 0.1) is 18.8 Å². The van der Waals surface area contributed by atoms with Crippen molar-refractivity contribution in [3.05, 3.63) is 18.3 Å². The molecule has 0 bridgehead atoms. The number of carbonyl (C=O) groups is 1. The van der Waals surface area contributed by atoms with Gasteiger partial charge in [-0.05, 0) is 26.8 Å². The lowest BCUT2D eigenvalue weighted by atomic mass is 10.2. The van der Waals surface area contributed by atoms with Crippen LogP contribution in [0, 0.1) is 0 Å². The molecule has 0 aromatic carbocycles. The highest BCUT2D eigenvalue weighted by atomic mass is 16.6. The summed E-state index contributed by atoms with van der Waals surface area (Å²) in [4.78, 5) is 18.7. The van der Waals surface area contributed by atoms with Crippen molar-refractivity contribution < 1.29 is 14.3 Å². The van der Waals surface area contributed by atoms with E-state index in [0.717, 1.165) is 10.9 Å². The molecule has 0 radical (unpaired) electrons. The van der Waals surface area contributed by atoms with Gasteiger partial charge in [0.15, 0.2) is 0 Å². The van der Waals surface area contributed by atoms with Crippen LogP contribution in [0.25, 0.3) is 10.9 Å². The number of fused-ring (bicyclic) bond motifs is 1. The highest BCUT2D eigenvalue weighted by Crippen LogP contribution is 2.21. The van der Waals surface area contributed by atoms with Crippen molar-refractivity contribution in [2.75, 3.05) is 12.4 Å². The maximum absolute atomic E-state index is 11.6. The van der Waals surface area contributed by atoms with E-state index in [0.29, 0.717) is 11.7 Å². The Labute approximate surface area is 111 Å². The molecule has 2 N–H and O–H groups in total. The van der Waals surface area contributed by atoms with Gasteiger partial charge in [-0.3, -0.25) is 5.32 Å². The number of anilines is 1. The Kier molecular flexibility index (Phi) is 3.33. The largest absolute Gasteiger partial charge is 0.481 e. The molecule has 0 unspecified atom stereocenters. The van der Waals surface area contributed by atoms with Crippen molar-refractivity contribution in [2.45, 2.75) is 26.4 Å². The lowest BCUT2D eigenvalue weighted by molar-refractivity contribution is 0.0635. The zero-order valence-electron chi connectivity index (χ0n) is 11.4. The summed E-state index contributed by atoms with van der Waals surface area (Å²) in [6.45, 7) is 5.44. The summed E-state index contributed by atoms with van der Waals surface area (Å²) in [7, 11) is 1.56. The molecule has 6 heteroatoms. The predicted molar refractivity (Wildman–Crippen MR) is 72.5 cm³/mol. The van der Waals surface area contributed by atoms with Crippen molar-refractivity contribution >= 4 is 22.8 Å². The third kappa shape index (κ3) is 3.37. The number of pyridine rings is 1. The first-order chi connectivity index (χ1) is 8.87. The van der Waals surface area contributed by atoms with E-state index < -0.39 is 11.7 Å². The van der Waals surface area contributed by atoms with Crippen LogP contribution in [0.4, 0.5) is 10.6 Å². The summed E-state index contributed by atoms with van der Waals surface area (Å²) in [6, 6.07) is 3.58. The smallest absolute Gasteiger partial charge is 0.413 e. The van der Waals surface area contributed by atoms with E-state index in [9.17, 15) is 4.79 Å². The predicted octanol–water partition coefficient (Wildman–Crippen LogP) is 2.92. The van der Waals surface area contributed by atoms with Gasteiger partial charge in [-0.1, -0.05) is 0 Å². The highest BCUT2D eigenvalue weighted by Gasteiger charge is 2.16. The van der Waals surface area contributed by atoms with E-state index in [-0.39, 0.29) is 0 Å². The first-order valence-corrected chi connectivity index (χ1v) is 5.90. The summed E-state index contributed by atoms with van der Waals surface area (Å²) >= 11 is 0. The minimum Gasteiger partial charge on any atom is -0.481 e. The molecule has 102 valence electrons. The zero-order valence-corrected chi connectivity index (χ0v) is 11.4. The molecule has 1 amide bonds. The van der Waals surface area contributed by atoms with Crippen LogP contribution in [0.3, 0.4) is 0 Å². The van der Waals surface area contributed by atoms with Crippen LogP contribution in [0.5, 0.6) is 5.88 Å². The molecule has 2 rings (SSSR count). The topological polar surface area (TPSA) is 76.2 Å². The lowest BCUT2D eigenvalue weighted by Crippen LogP contribution is -2.27. The van der Waals surface area contributed by atoms with E-state index in [4.69, 9.17) is 9.47 Å². The molecular weight excluding hydrogens is 246 g/mol. The third-order valence-electron chi connectivity index (χ3n) is 2.32. The molecule has 0 spiro atoms. The first-order valence-electron chi connectivity index (χ1n) is 5.90. The summed E-state index contributed by atoms with van der Waals surface area (Å²) in [5, 5.41) is 3.54. The van der Waals surface area contributed by atoms with Crippen LogP contribution < -0.4 is 10.1 Å². The van der Waals surface area contributed by atoms with E-state index >= 15 is 0 Å². The molecule has 0 saturated heterocycles. The van der Waals surface area contributed by atoms with Crippen LogP contribution in [-0.4, -0.2) is 28.8 Å². The Balaban J connectivity index is 2.15. The molecule has 0 atom stereocenters. The van der Waals surface area contributed by atoms with Crippen molar-refractivity contribution in [2.24, 2.45) is 0 Å². The van der Waals surface area contributed by atoms with Crippen LogP contribution in [-0.2, 0) is 4.74 Å². The standard InChI is InChI=1S/C13H17N3O3/c1-13(2,3)19-12(17)16-10-5-8-6-11(18-4)14-7-9(8)15-10/h5-7,15H,1-4H3,(H,16,17). The quantitative estimate of drug-likeness (QED) is 0.873. The third-order valence-corrected chi connectivity index (χ3v) is 2.32. The van der Waals surface area contributed by atoms with Gasteiger partial charge in [0.2, 0.25) is 5.88 Å². The first kappa shape index (κ1) is 13.2. The van der Waals surface area contributed by atoms with Crippen LogP contribution in [0.2, 0.25) is 0 Å². The molecule has 0 aliphatic carbocycles. The molecule has 0 aliphatic rings. The minimum atomic E-state index is -0.527. The normalized spacial score (nSPS) is 11.4. The Morgan fingerprint density at radius 2 is 2.11 bits per heavy atom. The molecule has 2 aromatic heterocycles. The summed E-state index contributed by atoms with van der Waals surface area (Å²) < 4.78 is 10.2. The zero-order chi connectivity index (χ0) is 14.0. The number of rotatable bonds is 2. The average Bonchev–Trinajstić information content (AvgIpc) is 2.66. The number of nitrogens with one attached hydrogen (secondary N) is 2. The van der Waals surface area contributed by atoms with Crippen LogP contribution in [0.1, 0.15) is 20.8 Å².